The van der Waals surface area contributed by atoms with Gasteiger partial charge >= 0.3 is 0 Å². The van der Waals surface area contributed by atoms with Crippen LogP contribution in [-0.4, -0.2) is 12.1 Å². The number of hydrogen-bond acceptors (Lipinski definition) is 1. The van der Waals surface area contributed by atoms with Crippen molar-refractivity contribution in [1.82, 2.24) is 5.32 Å². The minimum atomic E-state index is -0.441. The van der Waals surface area contributed by atoms with Crippen LogP contribution in [0.15, 0.2) is 16.6 Å². The molecule has 1 saturated heterocycles. The van der Waals surface area contributed by atoms with Gasteiger partial charge in [0.15, 0.2) is 0 Å². The molecule has 0 spiro atoms. The van der Waals surface area contributed by atoms with Crippen LogP contribution < -0.4 is 5.32 Å². The second kappa shape index (κ2) is 4.57. The van der Waals surface area contributed by atoms with Gasteiger partial charge in [-0.3, -0.25) is 0 Å². The summed E-state index contributed by atoms with van der Waals surface area (Å²) in [5, 5.41) is 3.51. The fourth-order valence-corrected chi connectivity index (χ4v) is 3.53. The third-order valence-corrected chi connectivity index (χ3v) is 4.88. The van der Waals surface area contributed by atoms with Gasteiger partial charge in [0, 0.05) is 11.1 Å². The van der Waals surface area contributed by atoms with Gasteiger partial charge in [-0.2, -0.15) is 0 Å². The van der Waals surface area contributed by atoms with Crippen LogP contribution in [0.2, 0.25) is 0 Å². The second-order valence-corrected chi connectivity index (χ2v) is 6.31. The van der Waals surface area contributed by atoms with Gasteiger partial charge < -0.3 is 5.32 Å². The summed E-state index contributed by atoms with van der Waals surface area (Å²) in [4.78, 5) is 0. The Bertz CT molecular complexity index is 465. The zero-order valence-electron chi connectivity index (χ0n) is 10.1. The lowest BCUT2D eigenvalue weighted by molar-refractivity contribution is 0.314. The van der Waals surface area contributed by atoms with Crippen molar-refractivity contribution in [1.29, 1.82) is 0 Å². The second-order valence-electron chi connectivity index (χ2n) is 5.46. The van der Waals surface area contributed by atoms with Crippen molar-refractivity contribution in [2.75, 3.05) is 6.54 Å². The molecule has 1 saturated carbocycles. The van der Waals surface area contributed by atoms with E-state index in [-0.39, 0.29) is 11.1 Å². The average Bonchev–Trinajstić information content (AvgIpc) is 3.12. The van der Waals surface area contributed by atoms with E-state index in [4.69, 9.17) is 0 Å². The molecule has 2 fully saturated rings. The smallest absolute Gasteiger partial charge is 0.143 e. The van der Waals surface area contributed by atoms with Crippen LogP contribution in [0.25, 0.3) is 0 Å². The first-order chi connectivity index (χ1) is 8.62. The normalized spacial score (nSPS) is 27.7. The van der Waals surface area contributed by atoms with Gasteiger partial charge in [-0.15, -0.1) is 0 Å². The summed E-state index contributed by atoms with van der Waals surface area (Å²) in [6, 6.07) is 2.78. The van der Waals surface area contributed by atoms with Gasteiger partial charge in [-0.25, -0.2) is 8.78 Å². The first kappa shape index (κ1) is 12.5. The summed E-state index contributed by atoms with van der Waals surface area (Å²) in [5.41, 5.74) is 0.160. The molecule has 1 N–H and O–H groups in total. The fourth-order valence-electron chi connectivity index (χ4n) is 3.16. The molecule has 1 atom stereocenters. The quantitative estimate of drug-likeness (QED) is 0.837. The molecular formula is C14H16BrF2N. The maximum Gasteiger partial charge on any atom is 0.143 e. The fraction of sp³-hybridized carbons (Fsp3) is 0.571. The third-order valence-electron chi connectivity index (χ3n) is 4.27. The SMILES string of the molecule is Fc1ccc(Br)c(F)c1CC1(C2CC2)CCCN1. The Hall–Kier alpha value is -0.480. The van der Waals surface area contributed by atoms with Crippen LogP contribution >= 0.6 is 15.9 Å². The predicted octanol–water partition coefficient (Wildman–Crippen LogP) is 3.80. The van der Waals surface area contributed by atoms with E-state index in [1.54, 1.807) is 0 Å². The molecule has 3 rings (SSSR count). The molecule has 98 valence electrons. The summed E-state index contributed by atoms with van der Waals surface area (Å²) < 4.78 is 28.3. The maximum absolute atomic E-state index is 14.1. The van der Waals surface area contributed by atoms with Crippen LogP contribution in [-0.2, 0) is 6.42 Å². The Morgan fingerprint density at radius 1 is 1.33 bits per heavy atom. The highest BCUT2D eigenvalue weighted by atomic mass is 79.9. The molecule has 4 heteroatoms. The van der Waals surface area contributed by atoms with Crippen LogP contribution in [0.5, 0.6) is 0 Å². The lowest BCUT2D eigenvalue weighted by Gasteiger charge is -2.30. The predicted molar refractivity (Wildman–Crippen MR) is 70.5 cm³/mol. The Morgan fingerprint density at radius 2 is 2.11 bits per heavy atom. The molecule has 1 nitrogen and oxygen atoms in total. The standard InChI is InChI=1S/C14H16BrF2N/c15-11-4-5-12(16)10(13(11)17)8-14(9-2-3-9)6-1-7-18-14/h4-5,9,18H,1-3,6-8H2. The van der Waals surface area contributed by atoms with Gasteiger partial charge in [-0.1, -0.05) is 0 Å². The van der Waals surface area contributed by atoms with Crippen molar-refractivity contribution in [2.45, 2.75) is 37.6 Å². The summed E-state index contributed by atoms with van der Waals surface area (Å²) >= 11 is 3.14. The highest BCUT2D eigenvalue weighted by Gasteiger charge is 2.47. The molecule has 0 bridgehead atoms. The number of benzene rings is 1. The van der Waals surface area contributed by atoms with Crippen molar-refractivity contribution < 1.29 is 8.78 Å². The molecule has 0 aromatic heterocycles. The van der Waals surface area contributed by atoms with Gasteiger partial charge in [0.05, 0.1) is 4.47 Å². The molecule has 1 aromatic rings. The molecule has 1 aliphatic heterocycles. The number of hydrogen-bond donors (Lipinski definition) is 1. The lowest BCUT2D eigenvalue weighted by atomic mass is 9.84. The van der Waals surface area contributed by atoms with Crippen LogP contribution in [0.4, 0.5) is 8.78 Å². The minimum absolute atomic E-state index is 0.0670. The first-order valence-corrected chi connectivity index (χ1v) is 7.29. The Kier molecular flexibility index (Phi) is 3.18. The molecule has 2 aliphatic rings. The van der Waals surface area contributed by atoms with Crippen molar-refractivity contribution in [3.05, 3.63) is 33.8 Å². The van der Waals surface area contributed by atoms with E-state index in [9.17, 15) is 8.78 Å². The van der Waals surface area contributed by atoms with Crippen LogP contribution in [0, 0.1) is 17.6 Å². The zero-order chi connectivity index (χ0) is 12.8. The van der Waals surface area contributed by atoms with Gasteiger partial charge in [0.25, 0.3) is 0 Å². The molecule has 0 radical (unpaired) electrons. The van der Waals surface area contributed by atoms with Crippen LogP contribution in [0.3, 0.4) is 0 Å². The lowest BCUT2D eigenvalue weighted by Crippen LogP contribution is -2.44. The molecule has 0 amide bonds. The summed E-state index contributed by atoms with van der Waals surface area (Å²) in [6.45, 7) is 0.966. The van der Waals surface area contributed by atoms with Crippen molar-refractivity contribution in [3.8, 4) is 0 Å². The zero-order valence-corrected chi connectivity index (χ0v) is 11.7. The molecule has 18 heavy (non-hydrogen) atoms. The van der Waals surface area contributed by atoms with E-state index < -0.39 is 11.6 Å². The highest BCUT2D eigenvalue weighted by Crippen LogP contribution is 2.46. The topological polar surface area (TPSA) is 12.0 Å². The monoisotopic (exact) mass is 315 g/mol. The van der Waals surface area contributed by atoms with E-state index in [0.717, 1.165) is 19.4 Å². The number of rotatable bonds is 3. The molecule has 1 unspecified atom stereocenters. The highest BCUT2D eigenvalue weighted by molar-refractivity contribution is 9.10. The summed E-state index contributed by atoms with van der Waals surface area (Å²) in [5.74, 6) is -0.272. The number of nitrogens with one attached hydrogen (secondary N) is 1. The minimum Gasteiger partial charge on any atom is -0.311 e. The van der Waals surface area contributed by atoms with Crippen molar-refractivity contribution in [3.63, 3.8) is 0 Å². The summed E-state index contributed by atoms with van der Waals surface area (Å²) in [7, 11) is 0. The van der Waals surface area contributed by atoms with E-state index in [2.05, 4.69) is 21.2 Å². The first-order valence-electron chi connectivity index (χ1n) is 6.50. The van der Waals surface area contributed by atoms with E-state index in [1.165, 1.54) is 25.0 Å². The number of halogens is 3. The van der Waals surface area contributed by atoms with Crippen LogP contribution in [0.1, 0.15) is 31.2 Å². The van der Waals surface area contributed by atoms with E-state index >= 15 is 0 Å². The maximum atomic E-state index is 14.1. The Balaban J connectivity index is 1.93. The average molecular weight is 316 g/mol. The largest absolute Gasteiger partial charge is 0.311 e. The molecule has 1 aromatic carbocycles. The summed E-state index contributed by atoms with van der Waals surface area (Å²) in [6.07, 6.45) is 4.97. The Labute approximate surface area is 114 Å². The Morgan fingerprint density at radius 3 is 2.72 bits per heavy atom. The molecule has 1 heterocycles. The van der Waals surface area contributed by atoms with E-state index in [0.29, 0.717) is 16.8 Å². The molecular weight excluding hydrogens is 300 g/mol. The van der Waals surface area contributed by atoms with Gasteiger partial charge in [0.2, 0.25) is 0 Å². The third kappa shape index (κ3) is 2.10. The van der Waals surface area contributed by atoms with Crippen molar-refractivity contribution in [2.24, 2.45) is 5.92 Å². The van der Waals surface area contributed by atoms with Crippen molar-refractivity contribution >= 4 is 15.9 Å². The van der Waals surface area contributed by atoms with Gasteiger partial charge in [0.1, 0.15) is 11.6 Å². The molecule has 1 aliphatic carbocycles. The van der Waals surface area contributed by atoms with Gasteiger partial charge in [-0.05, 0) is 72.6 Å². The van der Waals surface area contributed by atoms with E-state index in [1.807, 2.05) is 0 Å².